The summed E-state index contributed by atoms with van der Waals surface area (Å²) < 4.78 is 24.5. The molecule has 2 fully saturated rings. The van der Waals surface area contributed by atoms with Gasteiger partial charge >= 0.3 is 0 Å². The first kappa shape index (κ1) is 11.0. The third-order valence-electron chi connectivity index (χ3n) is 3.83. The minimum Gasteiger partial charge on any atom is -0.490 e. The third kappa shape index (κ3) is 2.29. The van der Waals surface area contributed by atoms with Gasteiger partial charge in [0.05, 0.1) is 12.2 Å². The van der Waals surface area contributed by atoms with Crippen LogP contribution >= 0.6 is 0 Å². The first-order chi connectivity index (χ1) is 8.26. The van der Waals surface area contributed by atoms with E-state index in [1.807, 2.05) is 0 Å². The normalized spacial score (nSPS) is 26.5. The van der Waals surface area contributed by atoms with Crippen molar-refractivity contribution in [1.82, 2.24) is 0 Å². The second-order valence-electron chi connectivity index (χ2n) is 5.07. The Bertz CT molecular complexity index is 384. The minimum absolute atomic E-state index is 0.100. The summed E-state index contributed by atoms with van der Waals surface area (Å²) in [5.41, 5.74) is 0.100. The monoisotopic (exact) mass is 236 g/mol. The fraction of sp³-hybridized carbons (Fsp3) is 0.571. The third-order valence-corrected chi connectivity index (χ3v) is 3.83. The predicted molar refractivity (Wildman–Crippen MR) is 62.6 cm³/mol. The standard InChI is InChI=1S/C14H17FO2/c15-11-2-4-12(5-3-11)17-13-6-9-16-14(10-13)7-1-8-14/h2-5,13H,1,6-10H2. The van der Waals surface area contributed by atoms with Crippen molar-refractivity contribution in [2.24, 2.45) is 0 Å². The van der Waals surface area contributed by atoms with Crippen molar-refractivity contribution in [1.29, 1.82) is 0 Å². The Labute approximate surface area is 101 Å². The van der Waals surface area contributed by atoms with Crippen LogP contribution in [0.2, 0.25) is 0 Å². The quantitative estimate of drug-likeness (QED) is 0.784. The molecule has 1 unspecified atom stereocenters. The predicted octanol–water partition coefficient (Wildman–Crippen LogP) is 3.31. The Morgan fingerprint density at radius 2 is 2.00 bits per heavy atom. The van der Waals surface area contributed by atoms with E-state index in [0.29, 0.717) is 0 Å². The van der Waals surface area contributed by atoms with Crippen LogP contribution in [0.3, 0.4) is 0 Å². The van der Waals surface area contributed by atoms with Crippen molar-refractivity contribution >= 4 is 0 Å². The highest BCUT2D eigenvalue weighted by molar-refractivity contribution is 5.22. The average Bonchev–Trinajstić information content (AvgIpc) is 2.31. The van der Waals surface area contributed by atoms with Gasteiger partial charge in [-0.05, 0) is 43.5 Å². The molecule has 0 bridgehead atoms. The molecule has 1 aromatic rings. The minimum atomic E-state index is -0.222. The summed E-state index contributed by atoms with van der Waals surface area (Å²) in [5.74, 6) is 0.535. The smallest absolute Gasteiger partial charge is 0.123 e. The van der Waals surface area contributed by atoms with Crippen LogP contribution in [0.4, 0.5) is 4.39 Å². The SMILES string of the molecule is Fc1ccc(OC2CCOC3(CCC3)C2)cc1. The maximum absolute atomic E-state index is 12.8. The molecule has 2 aliphatic rings. The first-order valence-electron chi connectivity index (χ1n) is 6.32. The summed E-state index contributed by atoms with van der Waals surface area (Å²) in [4.78, 5) is 0. The van der Waals surface area contributed by atoms with E-state index in [9.17, 15) is 4.39 Å². The van der Waals surface area contributed by atoms with Gasteiger partial charge in [-0.25, -0.2) is 4.39 Å². The van der Waals surface area contributed by atoms with Crippen molar-refractivity contribution in [3.8, 4) is 5.75 Å². The Balaban J connectivity index is 1.63. The molecule has 1 atom stereocenters. The lowest BCUT2D eigenvalue weighted by Crippen LogP contribution is -2.48. The number of rotatable bonds is 2. The highest BCUT2D eigenvalue weighted by Gasteiger charge is 2.43. The van der Waals surface area contributed by atoms with E-state index in [-0.39, 0.29) is 17.5 Å². The molecule has 2 nitrogen and oxygen atoms in total. The van der Waals surface area contributed by atoms with E-state index >= 15 is 0 Å². The molecule has 3 rings (SSSR count). The lowest BCUT2D eigenvalue weighted by Gasteiger charge is -2.46. The molecule has 0 aromatic heterocycles. The Kier molecular flexibility index (Phi) is 2.79. The van der Waals surface area contributed by atoms with E-state index in [1.54, 1.807) is 12.1 Å². The van der Waals surface area contributed by atoms with E-state index < -0.39 is 0 Å². The van der Waals surface area contributed by atoms with Crippen molar-refractivity contribution in [2.75, 3.05) is 6.61 Å². The van der Waals surface area contributed by atoms with Crippen LogP contribution in [0, 0.1) is 5.82 Å². The van der Waals surface area contributed by atoms with Gasteiger partial charge in [-0.15, -0.1) is 0 Å². The largest absolute Gasteiger partial charge is 0.490 e. The zero-order valence-electron chi connectivity index (χ0n) is 9.82. The second-order valence-corrected chi connectivity index (χ2v) is 5.07. The van der Waals surface area contributed by atoms with E-state index in [1.165, 1.54) is 18.6 Å². The Morgan fingerprint density at radius 1 is 1.24 bits per heavy atom. The van der Waals surface area contributed by atoms with Crippen molar-refractivity contribution in [3.63, 3.8) is 0 Å². The lowest BCUT2D eigenvalue weighted by molar-refractivity contribution is -0.153. The molecule has 3 heteroatoms. The molecule has 1 heterocycles. The van der Waals surface area contributed by atoms with Gasteiger partial charge in [-0.1, -0.05) is 0 Å². The number of hydrogen-bond donors (Lipinski definition) is 0. The molecular weight excluding hydrogens is 219 g/mol. The number of ether oxygens (including phenoxy) is 2. The van der Waals surface area contributed by atoms with Crippen LogP contribution in [0.1, 0.15) is 32.1 Å². The van der Waals surface area contributed by atoms with Crippen molar-refractivity contribution < 1.29 is 13.9 Å². The van der Waals surface area contributed by atoms with Gasteiger partial charge in [0.15, 0.2) is 0 Å². The molecule has 92 valence electrons. The molecule has 1 saturated carbocycles. The maximum Gasteiger partial charge on any atom is 0.123 e. The topological polar surface area (TPSA) is 18.5 Å². The fourth-order valence-electron chi connectivity index (χ4n) is 2.71. The number of halogens is 1. The molecular formula is C14H17FO2. The summed E-state index contributed by atoms with van der Waals surface area (Å²) in [6, 6.07) is 6.26. The molecule has 0 amide bonds. The molecule has 1 saturated heterocycles. The fourth-order valence-corrected chi connectivity index (χ4v) is 2.71. The van der Waals surface area contributed by atoms with Crippen LogP contribution in [0.15, 0.2) is 24.3 Å². The summed E-state index contributed by atoms with van der Waals surface area (Å²) in [6.07, 6.45) is 5.72. The van der Waals surface area contributed by atoms with Gasteiger partial charge in [0.1, 0.15) is 17.7 Å². The molecule has 0 N–H and O–H groups in total. The van der Waals surface area contributed by atoms with Crippen LogP contribution < -0.4 is 4.74 Å². The van der Waals surface area contributed by atoms with Gasteiger partial charge < -0.3 is 9.47 Å². The van der Waals surface area contributed by atoms with Gasteiger partial charge in [-0.3, -0.25) is 0 Å². The zero-order chi connectivity index (χ0) is 11.7. The van der Waals surface area contributed by atoms with Crippen LogP contribution in [-0.2, 0) is 4.74 Å². The van der Waals surface area contributed by atoms with Crippen molar-refractivity contribution in [2.45, 2.75) is 43.8 Å². The summed E-state index contributed by atoms with van der Waals surface area (Å²) in [6.45, 7) is 0.784. The molecule has 1 aromatic carbocycles. The highest BCUT2D eigenvalue weighted by Crippen LogP contribution is 2.43. The number of benzene rings is 1. The summed E-state index contributed by atoms with van der Waals surface area (Å²) in [5, 5.41) is 0. The van der Waals surface area contributed by atoms with Crippen molar-refractivity contribution in [3.05, 3.63) is 30.1 Å². The molecule has 0 radical (unpaired) electrons. The molecule has 1 aliphatic carbocycles. The van der Waals surface area contributed by atoms with Gasteiger partial charge in [0.2, 0.25) is 0 Å². The van der Waals surface area contributed by atoms with Gasteiger partial charge in [0.25, 0.3) is 0 Å². The number of hydrogen-bond acceptors (Lipinski definition) is 2. The van der Waals surface area contributed by atoms with Crippen LogP contribution in [0.25, 0.3) is 0 Å². The zero-order valence-corrected chi connectivity index (χ0v) is 9.82. The van der Waals surface area contributed by atoms with E-state index in [0.717, 1.165) is 38.0 Å². The molecule has 1 aliphatic heterocycles. The maximum atomic E-state index is 12.8. The molecule has 1 spiro atoms. The van der Waals surface area contributed by atoms with E-state index in [4.69, 9.17) is 9.47 Å². The van der Waals surface area contributed by atoms with Gasteiger partial charge in [0, 0.05) is 12.8 Å². The summed E-state index contributed by atoms with van der Waals surface area (Å²) >= 11 is 0. The second kappa shape index (κ2) is 4.30. The Morgan fingerprint density at radius 3 is 2.65 bits per heavy atom. The van der Waals surface area contributed by atoms with Crippen LogP contribution in [-0.4, -0.2) is 18.3 Å². The van der Waals surface area contributed by atoms with Crippen LogP contribution in [0.5, 0.6) is 5.75 Å². The average molecular weight is 236 g/mol. The lowest BCUT2D eigenvalue weighted by atomic mass is 9.74. The highest BCUT2D eigenvalue weighted by atomic mass is 19.1. The Hall–Kier alpha value is -1.09. The van der Waals surface area contributed by atoms with E-state index in [2.05, 4.69) is 0 Å². The summed E-state index contributed by atoms with van der Waals surface area (Å²) in [7, 11) is 0. The first-order valence-corrected chi connectivity index (χ1v) is 6.32. The van der Waals surface area contributed by atoms with Gasteiger partial charge in [-0.2, -0.15) is 0 Å². The molecule has 17 heavy (non-hydrogen) atoms.